The molecule has 2 aliphatic heterocycles. The van der Waals surface area contributed by atoms with E-state index in [1.165, 1.54) is 0 Å². The number of rotatable bonds is 8. The normalized spacial score (nSPS) is 18.1. The van der Waals surface area contributed by atoms with Crippen LogP contribution in [0.1, 0.15) is 12.0 Å². The van der Waals surface area contributed by atoms with Crippen molar-refractivity contribution in [1.29, 1.82) is 0 Å². The Hall–Kier alpha value is -2.13. The van der Waals surface area contributed by atoms with Gasteiger partial charge in [-0.05, 0) is 12.1 Å². The van der Waals surface area contributed by atoms with Crippen LogP contribution < -0.4 is 14.8 Å². The SMILES string of the molecule is COCCOCCCOc1cc2c(cc1Cl)C=C1C(=O)NC(O)N=C1O2. The van der Waals surface area contributed by atoms with Crippen molar-refractivity contribution >= 4 is 29.5 Å². The molecule has 0 bridgehead atoms. The number of hydrogen-bond acceptors (Lipinski definition) is 7. The smallest absolute Gasteiger partial charge is 0.260 e. The molecule has 2 N–H and O–H groups in total. The van der Waals surface area contributed by atoms with E-state index in [0.29, 0.717) is 54.9 Å². The van der Waals surface area contributed by atoms with Gasteiger partial charge in [-0.1, -0.05) is 11.6 Å². The van der Waals surface area contributed by atoms with E-state index >= 15 is 0 Å². The highest BCUT2D eigenvalue weighted by Crippen LogP contribution is 2.37. The van der Waals surface area contributed by atoms with Crippen molar-refractivity contribution in [3.63, 3.8) is 0 Å². The summed E-state index contributed by atoms with van der Waals surface area (Å²) in [6.45, 7) is 2.08. The number of aliphatic hydroxyl groups excluding tert-OH is 1. The van der Waals surface area contributed by atoms with Gasteiger partial charge in [0.2, 0.25) is 12.2 Å². The van der Waals surface area contributed by atoms with Gasteiger partial charge >= 0.3 is 0 Å². The van der Waals surface area contributed by atoms with E-state index in [1.54, 1.807) is 25.3 Å². The number of halogens is 1. The molecular formula is C17H19ClN2O6. The third kappa shape index (κ3) is 4.34. The molecule has 1 atom stereocenters. The Labute approximate surface area is 155 Å². The van der Waals surface area contributed by atoms with Crippen molar-refractivity contribution < 1.29 is 28.8 Å². The summed E-state index contributed by atoms with van der Waals surface area (Å²) in [5.74, 6) is 0.511. The van der Waals surface area contributed by atoms with E-state index in [1.807, 2.05) is 0 Å². The summed E-state index contributed by atoms with van der Waals surface area (Å²) in [7, 11) is 1.62. The highest BCUT2D eigenvalue weighted by atomic mass is 35.5. The van der Waals surface area contributed by atoms with Crippen LogP contribution in [0.25, 0.3) is 6.08 Å². The van der Waals surface area contributed by atoms with Gasteiger partial charge in [0.15, 0.2) is 0 Å². The molecule has 8 nitrogen and oxygen atoms in total. The van der Waals surface area contributed by atoms with Gasteiger partial charge in [-0.25, -0.2) is 0 Å². The summed E-state index contributed by atoms with van der Waals surface area (Å²) < 4.78 is 21.6. The van der Waals surface area contributed by atoms with Crippen LogP contribution in [0.5, 0.6) is 11.5 Å². The predicted octanol–water partition coefficient (Wildman–Crippen LogP) is 1.35. The zero-order chi connectivity index (χ0) is 18.5. The van der Waals surface area contributed by atoms with Gasteiger partial charge in [0.05, 0.1) is 24.8 Å². The van der Waals surface area contributed by atoms with Crippen LogP contribution in [0.4, 0.5) is 0 Å². The Morgan fingerprint density at radius 2 is 2.15 bits per heavy atom. The van der Waals surface area contributed by atoms with E-state index in [0.717, 1.165) is 0 Å². The molecule has 26 heavy (non-hydrogen) atoms. The minimum absolute atomic E-state index is 0.0635. The van der Waals surface area contributed by atoms with Gasteiger partial charge in [-0.3, -0.25) is 4.79 Å². The first-order valence-electron chi connectivity index (χ1n) is 8.08. The highest BCUT2D eigenvalue weighted by molar-refractivity contribution is 6.32. The fraction of sp³-hybridized carbons (Fsp3) is 0.412. The minimum Gasteiger partial charge on any atom is -0.492 e. The molecule has 0 aliphatic carbocycles. The molecule has 0 aromatic heterocycles. The Morgan fingerprint density at radius 1 is 1.31 bits per heavy atom. The van der Waals surface area contributed by atoms with E-state index < -0.39 is 12.3 Å². The Balaban J connectivity index is 1.64. The number of benzene rings is 1. The molecule has 0 spiro atoms. The summed E-state index contributed by atoms with van der Waals surface area (Å²) in [6, 6.07) is 3.29. The molecule has 0 saturated heterocycles. The number of carbonyl (C=O) groups excluding carboxylic acids is 1. The van der Waals surface area contributed by atoms with Crippen LogP contribution in [0.15, 0.2) is 22.7 Å². The molecule has 1 unspecified atom stereocenters. The number of carbonyl (C=O) groups is 1. The van der Waals surface area contributed by atoms with Gasteiger partial charge in [-0.15, -0.1) is 0 Å². The second-order valence-corrected chi connectivity index (χ2v) is 5.98. The fourth-order valence-electron chi connectivity index (χ4n) is 2.42. The maximum Gasteiger partial charge on any atom is 0.260 e. The van der Waals surface area contributed by atoms with Crippen molar-refractivity contribution in [1.82, 2.24) is 5.32 Å². The Kier molecular flexibility index (Phi) is 6.10. The van der Waals surface area contributed by atoms with E-state index in [4.69, 9.17) is 30.5 Å². The van der Waals surface area contributed by atoms with Gasteiger partial charge in [0, 0.05) is 31.8 Å². The number of nitrogens with zero attached hydrogens (tertiary/aromatic N) is 1. The summed E-state index contributed by atoms with van der Waals surface area (Å²) >= 11 is 6.25. The second-order valence-electron chi connectivity index (χ2n) is 5.57. The average molecular weight is 383 g/mol. The first-order valence-corrected chi connectivity index (χ1v) is 8.46. The molecule has 140 valence electrons. The van der Waals surface area contributed by atoms with Crippen LogP contribution in [0, 0.1) is 0 Å². The first-order chi connectivity index (χ1) is 12.6. The van der Waals surface area contributed by atoms with Gasteiger partial charge in [-0.2, -0.15) is 4.99 Å². The lowest BCUT2D eigenvalue weighted by molar-refractivity contribution is -0.120. The highest BCUT2D eigenvalue weighted by Gasteiger charge is 2.30. The Morgan fingerprint density at radius 3 is 2.96 bits per heavy atom. The molecule has 1 aromatic rings. The van der Waals surface area contributed by atoms with Crippen molar-refractivity contribution in [2.45, 2.75) is 12.8 Å². The quantitative estimate of drug-likeness (QED) is 0.658. The maximum atomic E-state index is 11.9. The number of fused-ring (bicyclic) bond motifs is 2. The summed E-state index contributed by atoms with van der Waals surface area (Å²) in [4.78, 5) is 15.8. The van der Waals surface area contributed by atoms with E-state index in [9.17, 15) is 9.90 Å². The molecule has 1 amide bonds. The molecule has 3 rings (SSSR count). The Bertz CT molecular complexity index is 749. The van der Waals surface area contributed by atoms with Crippen LogP contribution in [0.2, 0.25) is 5.02 Å². The first kappa shape index (κ1) is 18.7. The minimum atomic E-state index is -1.32. The number of hydrogen-bond donors (Lipinski definition) is 2. The van der Waals surface area contributed by atoms with Gasteiger partial charge in [0.1, 0.15) is 17.1 Å². The number of methoxy groups -OCH3 is 1. The summed E-state index contributed by atoms with van der Waals surface area (Å²) in [5, 5.41) is 12.2. The molecule has 2 aliphatic rings. The standard InChI is InChI=1S/C17H19ClN2O6/c1-23-5-6-24-3-2-4-25-14-9-13-10(8-12(14)18)7-11-15(21)19-17(22)20-16(11)26-13/h7-9,17,22H,2-6H2,1H3,(H,19,21). The molecule has 1 aromatic carbocycles. The largest absolute Gasteiger partial charge is 0.492 e. The van der Waals surface area contributed by atoms with E-state index in [2.05, 4.69) is 10.3 Å². The van der Waals surface area contributed by atoms with Gasteiger partial charge in [0.25, 0.3) is 5.91 Å². The topological polar surface area (TPSA) is 98.6 Å². The zero-order valence-corrected chi connectivity index (χ0v) is 14.9. The van der Waals surface area contributed by atoms with Crippen molar-refractivity contribution in [2.75, 3.05) is 33.5 Å². The summed E-state index contributed by atoms with van der Waals surface area (Å²) in [6.07, 6.45) is 0.983. The van der Waals surface area contributed by atoms with Gasteiger partial charge < -0.3 is 29.4 Å². The van der Waals surface area contributed by atoms with Crippen molar-refractivity contribution in [3.8, 4) is 11.5 Å². The van der Waals surface area contributed by atoms with E-state index in [-0.39, 0.29) is 11.5 Å². The lowest BCUT2D eigenvalue weighted by Crippen LogP contribution is -2.43. The molecule has 9 heteroatoms. The number of nitrogens with one attached hydrogen (secondary N) is 1. The molecule has 0 saturated carbocycles. The molecular weight excluding hydrogens is 364 g/mol. The lowest BCUT2D eigenvalue weighted by Gasteiger charge is -2.24. The molecule has 0 fully saturated rings. The second kappa shape index (κ2) is 8.50. The fourth-order valence-corrected chi connectivity index (χ4v) is 2.65. The third-order valence-electron chi connectivity index (χ3n) is 3.67. The number of aliphatic imine (C=N–C) groups is 1. The van der Waals surface area contributed by atoms with Crippen LogP contribution >= 0.6 is 11.6 Å². The van der Waals surface area contributed by atoms with Crippen LogP contribution in [-0.2, 0) is 14.3 Å². The average Bonchev–Trinajstić information content (AvgIpc) is 2.60. The van der Waals surface area contributed by atoms with Crippen molar-refractivity contribution in [2.24, 2.45) is 4.99 Å². The number of ether oxygens (including phenoxy) is 4. The number of aliphatic hydroxyl groups is 1. The molecule has 0 radical (unpaired) electrons. The van der Waals surface area contributed by atoms with Crippen LogP contribution in [0.3, 0.4) is 0 Å². The predicted molar refractivity (Wildman–Crippen MR) is 94.4 cm³/mol. The van der Waals surface area contributed by atoms with Crippen LogP contribution in [-0.4, -0.2) is 56.8 Å². The zero-order valence-electron chi connectivity index (χ0n) is 14.2. The molecule has 2 heterocycles. The van der Waals surface area contributed by atoms with Crippen molar-refractivity contribution in [3.05, 3.63) is 28.3 Å². The summed E-state index contributed by atoms with van der Waals surface area (Å²) in [5.41, 5.74) is 0.867. The third-order valence-corrected chi connectivity index (χ3v) is 3.96. The monoisotopic (exact) mass is 382 g/mol. The maximum absolute atomic E-state index is 11.9. The lowest BCUT2D eigenvalue weighted by atomic mass is 10.0. The number of amides is 1.